The third-order valence-electron chi connectivity index (χ3n) is 5.47. The van der Waals surface area contributed by atoms with Crippen molar-refractivity contribution in [2.45, 2.75) is 32.9 Å². The van der Waals surface area contributed by atoms with E-state index in [9.17, 15) is 4.79 Å². The molecule has 3 rings (SSSR count). The topological polar surface area (TPSA) is 50.8 Å². The van der Waals surface area contributed by atoms with Crippen molar-refractivity contribution in [1.82, 2.24) is 10.2 Å². The number of carbonyl (C=O) groups is 1. The molecular weight excluding hydrogens is 376 g/mol. The maximum absolute atomic E-state index is 12.2. The minimum absolute atomic E-state index is 0.129. The van der Waals surface area contributed by atoms with E-state index in [-0.39, 0.29) is 5.91 Å². The van der Waals surface area contributed by atoms with Gasteiger partial charge in [-0.3, -0.25) is 9.69 Å². The zero-order valence-corrected chi connectivity index (χ0v) is 18.2. The molecule has 5 nitrogen and oxygen atoms in total. The summed E-state index contributed by atoms with van der Waals surface area (Å²) in [7, 11) is 3.19. The van der Waals surface area contributed by atoms with Crippen LogP contribution in [0.1, 0.15) is 36.5 Å². The van der Waals surface area contributed by atoms with Gasteiger partial charge in [-0.2, -0.15) is 0 Å². The van der Waals surface area contributed by atoms with Gasteiger partial charge in [0, 0.05) is 25.7 Å². The van der Waals surface area contributed by atoms with E-state index in [1.54, 1.807) is 20.3 Å². The lowest BCUT2D eigenvalue weighted by molar-refractivity contribution is -0.116. The molecule has 1 atom stereocenters. The predicted molar refractivity (Wildman–Crippen MR) is 121 cm³/mol. The molecule has 5 heteroatoms. The van der Waals surface area contributed by atoms with Gasteiger partial charge < -0.3 is 14.8 Å². The third-order valence-corrected chi connectivity index (χ3v) is 5.47. The summed E-state index contributed by atoms with van der Waals surface area (Å²) in [5.74, 6) is 1.97. The van der Waals surface area contributed by atoms with Gasteiger partial charge in [0.05, 0.1) is 14.2 Å². The summed E-state index contributed by atoms with van der Waals surface area (Å²) in [5.41, 5.74) is 3.30. The Morgan fingerprint density at radius 1 is 1.10 bits per heavy atom. The van der Waals surface area contributed by atoms with Crippen molar-refractivity contribution in [1.29, 1.82) is 0 Å². The SMILES string of the molecule is COc1ccc(/C=C/C(=O)NCc2ccc(CN3CCCC(C)C3)cc2)cc1OC. The molecule has 1 saturated heterocycles. The summed E-state index contributed by atoms with van der Waals surface area (Å²) < 4.78 is 10.5. The number of ether oxygens (including phenoxy) is 2. The molecule has 0 aromatic heterocycles. The van der Waals surface area contributed by atoms with Crippen molar-refractivity contribution in [3.05, 3.63) is 65.2 Å². The quantitative estimate of drug-likeness (QED) is 0.663. The highest BCUT2D eigenvalue weighted by molar-refractivity contribution is 5.91. The normalized spacial score (nSPS) is 17.1. The van der Waals surface area contributed by atoms with E-state index >= 15 is 0 Å². The molecule has 1 unspecified atom stereocenters. The lowest BCUT2D eigenvalue weighted by atomic mass is 9.99. The molecule has 2 aromatic rings. The molecule has 2 aromatic carbocycles. The van der Waals surface area contributed by atoms with E-state index in [1.807, 2.05) is 18.2 Å². The van der Waals surface area contributed by atoms with E-state index < -0.39 is 0 Å². The average molecular weight is 409 g/mol. The van der Waals surface area contributed by atoms with Crippen molar-refractivity contribution >= 4 is 12.0 Å². The number of nitrogens with zero attached hydrogens (tertiary/aromatic N) is 1. The zero-order valence-electron chi connectivity index (χ0n) is 18.2. The monoisotopic (exact) mass is 408 g/mol. The Bertz CT molecular complexity index is 861. The van der Waals surface area contributed by atoms with Crippen molar-refractivity contribution < 1.29 is 14.3 Å². The second kappa shape index (κ2) is 10.8. The highest BCUT2D eigenvalue weighted by Crippen LogP contribution is 2.28. The maximum atomic E-state index is 12.2. The molecular formula is C25H32N2O3. The summed E-state index contributed by atoms with van der Waals surface area (Å²) >= 11 is 0. The number of likely N-dealkylation sites (tertiary alicyclic amines) is 1. The van der Waals surface area contributed by atoms with Crippen LogP contribution in [0, 0.1) is 5.92 Å². The van der Waals surface area contributed by atoms with Crippen LogP contribution in [0.4, 0.5) is 0 Å². The van der Waals surface area contributed by atoms with Crippen LogP contribution in [-0.4, -0.2) is 38.1 Å². The number of methoxy groups -OCH3 is 2. The van der Waals surface area contributed by atoms with Gasteiger partial charge in [-0.1, -0.05) is 37.3 Å². The summed E-state index contributed by atoms with van der Waals surface area (Å²) in [6.45, 7) is 6.22. The predicted octanol–water partition coefficient (Wildman–Crippen LogP) is 4.27. The minimum atomic E-state index is -0.129. The number of carbonyl (C=O) groups excluding carboxylic acids is 1. The molecule has 0 aliphatic carbocycles. The Balaban J connectivity index is 1.48. The molecule has 1 aliphatic heterocycles. The van der Waals surface area contributed by atoms with Crippen LogP contribution in [0.5, 0.6) is 11.5 Å². The van der Waals surface area contributed by atoms with Gasteiger partial charge in [0.25, 0.3) is 0 Å². The number of hydrogen-bond acceptors (Lipinski definition) is 4. The number of amides is 1. The second-order valence-electron chi connectivity index (χ2n) is 7.96. The standard InChI is InChI=1S/C25H32N2O3/c1-19-5-4-14-27(17-19)18-22-8-6-21(7-9-22)16-26-25(28)13-11-20-10-12-23(29-2)24(15-20)30-3/h6-13,15,19H,4-5,14,16-18H2,1-3H3,(H,26,28)/b13-11+. The number of nitrogens with one attached hydrogen (secondary N) is 1. The van der Waals surface area contributed by atoms with Crippen molar-refractivity contribution in [2.75, 3.05) is 27.3 Å². The lowest BCUT2D eigenvalue weighted by Crippen LogP contribution is -2.33. The third kappa shape index (κ3) is 6.36. The highest BCUT2D eigenvalue weighted by Gasteiger charge is 2.16. The first-order valence-corrected chi connectivity index (χ1v) is 10.6. The molecule has 1 N–H and O–H groups in total. The Morgan fingerprint density at radius 3 is 2.53 bits per heavy atom. The van der Waals surface area contributed by atoms with Crippen molar-refractivity contribution in [3.63, 3.8) is 0 Å². The van der Waals surface area contributed by atoms with Crippen molar-refractivity contribution in [3.8, 4) is 11.5 Å². The zero-order chi connectivity index (χ0) is 21.3. The summed E-state index contributed by atoms with van der Waals surface area (Å²) in [6.07, 6.45) is 5.94. The van der Waals surface area contributed by atoms with Crippen LogP contribution in [0.3, 0.4) is 0 Å². The van der Waals surface area contributed by atoms with Gasteiger partial charge in [-0.15, -0.1) is 0 Å². The molecule has 1 fully saturated rings. The van der Waals surface area contributed by atoms with Crippen LogP contribution in [0.25, 0.3) is 6.08 Å². The number of benzene rings is 2. The molecule has 0 radical (unpaired) electrons. The second-order valence-corrected chi connectivity index (χ2v) is 7.96. The Kier molecular flexibility index (Phi) is 7.91. The van der Waals surface area contributed by atoms with E-state index in [0.717, 1.165) is 23.6 Å². The molecule has 1 aliphatic rings. The minimum Gasteiger partial charge on any atom is -0.493 e. The highest BCUT2D eigenvalue weighted by atomic mass is 16.5. The Labute approximate surface area is 179 Å². The molecule has 0 saturated carbocycles. The van der Waals surface area contributed by atoms with E-state index in [4.69, 9.17) is 9.47 Å². The fourth-order valence-corrected chi connectivity index (χ4v) is 3.83. The van der Waals surface area contributed by atoms with E-state index in [1.165, 1.54) is 37.6 Å². The van der Waals surface area contributed by atoms with Gasteiger partial charge in [0.1, 0.15) is 0 Å². The first-order valence-electron chi connectivity index (χ1n) is 10.6. The Morgan fingerprint density at radius 2 is 1.83 bits per heavy atom. The summed E-state index contributed by atoms with van der Waals surface area (Å²) in [5, 5.41) is 2.93. The van der Waals surface area contributed by atoms with Gasteiger partial charge >= 0.3 is 0 Å². The average Bonchev–Trinajstić information content (AvgIpc) is 2.77. The van der Waals surface area contributed by atoms with E-state index in [0.29, 0.717) is 18.0 Å². The summed E-state index contributed by atoms with van der Waals surface area (Å²) in [6, 6.07) is 14.1. The fraction of sp³-hybridized carbons (Fsp3) is 0.400. The van der Waals surface area contributed by atoms with Gasteiger partial charge in [-0.05, 0) is 60.2 Å². The molecule has 0 spiro atoms. The van der Waals surface area contributed by atoms with Crippen LogP contribution < -0.4 is 14.8 Å². The Hall–Kier alpha value is -2.79. The molecule has 160 valence electrons. The maximum Gasteiger partial charge on any atom is 0.244 e. The molecule has 30 heavy (non-hydrogen) atoms. The van der Waals surface area contributed by atoms with Crippen LogP contribution >= 0.6 is 0 Å². The molecule has 1 amide bonds. The largest absolute Gasteiger partial charge is 0.493 e. The van der Waals surface area contributed by atoms with Crippen LogP contribution in [0.15, 0.2) is 48.5 Å². The molecule has 1 heterocycles. The van der Waals surface area contributed by atoms with E-state index in [2.05, 4.69) is 41.4 Å². The first kappa shape index (κ1) is 21.9. The smallest absolute Gasteiger partial charge is 0.244 e. The number of rotatable bonds is 8. The molecule has 0 bridgehead atoms. The summed E-state index contributed by atoms with van der Waals surface area (Å²) in [4.78, 5) is 14.7. The van der Waals surface area contributed by atoms with Gasteiger partial charge in [-0.25, -0.2) is 0 Å². The lowest BCUT2D eigenvalue weighted by Gasteiger charge is -2.30. The van der Waals surface area contributed by atoms with Crippen LogP contribution in [-0.2, 0) is 17.9 Å². The first-order chi connectivity index (χ1) is 14.6. The fourth-order valence-electron chi connectivity index (χ4n) is 3.83. The number of hydrogen-bond donors (Lipinski definition) is 1. The van der Waals surface area contributed by atoms with Crippen LogP contribution in [0.2, 0.25) is 0 Å². The number of piperidine rings is 1. The van der Waals surface area contributed by atoms with Crippen molar-refractivity contribution in [2.24, 2.45) is 5.92 Å². The van der Waals surface area contributed by atoms with Gasteiger partial charge in [0.15, 0.2) is 11.5 Å². The van der Waals surface area contributed by atoms with Gasteiger partial charge in [0.2, 0.25) is 5.91 Å².